The van der Waals surface area contributed by atoms with E-state index >= 15 is 0 Å². The van der Waals surface area contributed by atoms with Gasteiger partial charge in [-0.05, 0) is 56.4 Å². The van der Waals surface area contributed by atoms with Gasteiger partial charge < -0.3 is 18.8 Å². The maximum atomic E-state index is 14.7. The number of carbonyl (C=O) groups is 1. The zero-order chi connectivity index (χ0) is 30.2. The molecule has 6 rings (SSSR count). The third-order valence-corrected chi connectivity index (χ3v) is 9.91. The summed E-state index contributed by atoms with van der Waals surface area (Å²) in [6, 6.07) is 3.32. The molecule has 12 heteroatoms. The fourth-order valence-electron chi connectivity index (χ4n) is 6.36. The first kappa shape index (κ1) is 29.3. The summed E-state index contributed by atoms with van der Waals surface area (Å²) in [5, 5.41) is 0.321. The minimum atomic E-state index is -0.930. The molecule has 4 heterocycles. The van der Waals surface area contributed by atoms with E-state index in [0.29, 0.717) is 57.2 Å². The number of piperidine rings is 1. The Balaban J connectivity index is 1.57. The van der Waals surface area contributed by atoms with Crippen LogP contribution in [0.5, 0.6) is 5.75 Å². The zero-order valence-electron chi connectivity index (χ0n) is 24.5. The van der Waals surface area contributed by atoms with Crippen LogP contribution in [-0.2, 0) is 16.1 Å². The van der Waals surface area contributed by atoms with Crippen molar-refractivity contribution in [3.05, 3.63) is 68.4 Å². The lowest BCUT2D eigenvalue weighted by Crippen LogP contribution is -2.49. The summed E-state index contributed by atoms with van der Waals surface area (Å²) in [5.41, 5.74) is -0.0521. The molecule has 1 unspecified atom stereocenters. The highest BCUT2D eigenvalue weighted by Crippen LogP contribution is 2.38. The number of likely N-dealkylation sites (tertiary alicyclic amines) is 1. The lowest BCUT2D eigenvalue weighted by atomic mass is 9.97. The van der Waals surface area contributed by atoms with E-state index in [1.807, 2.05) is 0 Å². The van der Waals surface area contributed by atoms with Gasteiger partial charge in [-0.15, -0.1) is 11.3 Å². The molecular weight excluding hydrogens is 575 g/mol. The van der Waals surface area contributed by atoms with Crippen molar-refractivity contribution in [2.24, 2.45) is 0 Å². The molecule has 1 aromatic carbocycles. The van der Waals surface area contributed by atoms with Crippen LogP contribution in [0.3, 0.4) is 0 Å². The second kappa shape index (κ2) is 12.1. The zero-order valence-corrected chi connectivity index (χ0v) is 25.3. The molecule has 228 valence electrons. The smallest absolute Gasteiger partial charge is 0.332 e. The van der Waals surface area contributed by atoms with Gasteiger partial charge in [0.05, 0.1) is 36.2 Å². The molecule has 2 aliphatic rings. The predicted molar refractivity (Wildman–Crippen MR) is 160 cm³/mol. The number of methoxy groups -OCH3 is 1. The number of amides is 1. The van der Waals surface area contributed by atoms with Crippen molar-refractivity contribution >= 4 is 27.5 Å². The Morgan fingerprint density at radius 2 is 1.93 bits per heavy atom. The van der Waals surface area contributed by atoms with E-state index in [9.17, 15) is 18.8 Å². The van der Waals surface area contributed by atoms with Gasteiger partial charge in [0.2, 0.25) is 11.8 Å². The number of oxazole rings is 1. The monoisotopic (exact) mass is 610 g/mol. The molecule has 1 amide bonds. The maximum Gasteiger partial charge on any atom is 0.332 e. The Morgan fingerprint density at radius 1 is 1.14 bits per heavy atom. The molecule has 43 heavy (non-hydrogen) atoms. The lowest BCUT2D eigenvalue weighted by Gasteiger charge is -2.31. The molecule has 1 saturated carbocycles. The fraction of sp³-hybridized carbons (Fsp3) is 0.484. The van der Waals surface area contributed by atoms with E-state index in [2.05, 4.69) is 4.98 Å². The number of aromatic nitrogens is 3. The van der Waals surface area contributed by atoms with Crippen LogP contribution in [0, 0.1) is 12.7 Å². The number of hydrogen-bond acceptors (Lipinski definition) is 8. The SMILES string of the molecule is COc1ccc(F)cc1[C@H](Cn1c(=O)n(C2CCCN(C)C2=O)c(=O)c2c(C)c(-c3ncco3)sc21)OC1CCCCC1. The van der Waals surface area contributed by atoms with Gasteiger partial charge in [0.1, 0.15) is 34.8 Å². The van der Waals surface area contributed by atoms with Crippen LogP contribution in [0.1, 0.15) is 68.2 Å². The van der Waals surface area contributed by atoms with Crippen molar-refractivity contribution in [3.8, 4) is 16.5 Å². The van der Waals surface area contributed by atoms with E-state index in [1.54, 1.807) is 24.9 Å². The number of rotatable bonds is 8. The quantitative estimate of drug-likeness (QED) is 0.269. The Labute approximate surface area is 251 Å². The molecule has 10 nitrogen and oxygen atoms in total. The van der Waals surface area contributed by atoms with Gasteiger partial charge in [-0.1, -0.05) is 19.3 Å². The van der Waals surface area contributed by atoms with Gasteiger partial charge in [0.15, 0.2) is 0 Å². The van der Waals surface area contributed by atoms with Gasteiger partial charge in [-0.25, -0.2) is 18.7 Å². The highest BCUT2D eigenvalue weighted by molar-refractivity contribution is 7.22. The highest BCUT2D eigenvalue weighted by atomic mass is 32.1. The molecule has 2 fully saturated rings. The minimum Gasteiger partial charge on any atom is -0.496 e. The van der Waals surface area contributed by atoms with Gasteiger partial charge >= 0.3 is 5.69 Å². The van der Waals surface area contributed by atoms with Crippen LogP contribution in [0.15, 0.2) is 44.7 Å². The molecule has 0 spiro atoms. The van der Waals surface area contributed by atoms with Crippen LogP contribution in [-0.4, -0.2) is 51.7 Å². The van der Waals surface area contributed by atoms with Gasteiger partial charge in [-0.2, -0.15) is 0 Å². The van der Waals surface area contributed by atoms with Gasteiger partial charge in [-0.3, -0.25) is 14.2 Å². The number of fused-ring (bicyclic) bond motifs is 1. The van der Waals surface area contributed by atoms with Crippen LogP contribution in [0.25, 0.3) is 21.0 Å². The number of nitrogens with zero attached hydrogens (tertiary/aromatic N) is 4. The predicted octanol–water partition coefficient (Wildman–Crippen LogP) is 5.22. The first-order valence-electron chi connectivity index (χ1n) is 14.7. The number of aryl methyl sites for hydroxylation is 1. The van der Waals surface area contributed by atoms with Gasteiger partial charge in [0.25, 0.3) is 5.56 Å². The van der Waals surface area contributed by atoms with Crippen molar-refractivity contribution in [2.45, 2.75) is 76.7 Å². The Kier molecular flexibility index (Phi) is 8.23. The lowest BCUT2D eigenvalue weighted by molar-refractivity contribution is -0.136. The molecule has 2 atom stereocenters. The largest absolute Gasteiger partial charge is 0.496 e. The molecule has 0 bridgehead atoms. The summed E-state index contributed by atoms with van der Waals surface area (Å²) in [4.78, 5) is 48.7. The molecule has 1 saturated heterocycles. The van der Waals surface area contributed by atoms with E-state index < -0.39 is 29.2 Å². The van der Waals surface area contributed by atoms with Gasteiger partial charge in [0, 0.05) is 19.2 Å². The number of benzene rings is 1. The van der Waals surface area contributed by atoms with Crippen molar-refractivity contribution in [1.29, 1.82) is 0 Å². The Bertz CT molecular complexity index is 1750. The number of hydrogen-bond donors (Lipinski definition) is 0. The first-order valence-corrected chi connectivity index (χ1v) is 15.5. The molecule has 1 aliphatic heterocycles. The van der Waals surface area contributed by atoms with Crippen LogP contribution >= 0.6 is 11.3 Å². The van der Waals surface area contributed by atoms with E-state index in [4.69, 9.17) is 13.9 Å². The summed E-state index contributed by atoms with van der Waals surface area (Å²) in [6.07, 6.45) is 8.04. The standard InChI is InChI=1S/C31H35FN4O6S/c1-18-25-29(38)36(22-10-7-14-34(2)28(22)37)31(39)35(30(25)43-26(18)27-33-13-15-41-27)17-24(42-20-8-5-4-6-9-20)21-16-19(32)11-12-23(21)40-3/h11-13,15-16,20,22,24H,4-10,14,17H2,1-3H3/t22?,24-/m0/s1. The fourth-order valence-corrected chi connectivity index (χ4v) is 7.60. The average Bonchev–Trinajstić information content (AvgIpc) is 3.65. The summed E-state index contributed by atoms with van der Waals surface area (Å²) in [5.74, 6) is 0.0362. The summed E-state index contributed by atoms with van der Waals surface area (Å²) in [6.45, 7) is 2.33. The minimum absolute atomic E-state index is 0.0202. The maximum absolute atomic E-state index is 14.7. The van der Waals surface area contributed by atoms with Crippen molar-refractivity contribution in [1.82, 2.24) is 19.0 Å². The molecule has 1 aliphatic carbocycles. The highest BCUT2D eigenvalue weighted by Gasteiger charge is 2.34. The third-order valence-electron chi connectivity index (χ3n) is 8.61. The molecular formula is C31H35FN4O6S. The number of ether oxygens (including phenoxy) is 2. The van der Waals surface area contributed by atoms with Crippen molar-refractivity contribution in [3.63, 3.8) is 0 Å². The number of halogens is 1. The molecule has 0 radical (unpaired) electrons. The number of likely N-dealkylation sites (N-methyl/N-ethyl adjacent to an activating group) is 1. The Morgan fingerprint density at radius 3 is 2.65 bits per heavy atom. The molecule has 4 aromatic rings. The number of carbonyl (C=O) groups excluding carboxylic acids is 1. The first-order chi connectivity index (χ1) is 20.8. The summed E-state index contributed by atoms with van der Waals surface area (Å²) in [7, 11) is 3.19. The van der Waals surface area contributed by atoms with Crippen molar-refractivity contribution < 1.29 is 23.1 Å². The second-order valence-electron chi connectivity index (χ2n) is 11.3. The van der Waals surface area contributed by atoms with Crippen LogP contribution in [0.4, 0.5) is 4.39 Å². The van der Waals surface area contributed by atoms with E-state index in [1.165, 1.54) is 47.6 Å². The number of thiophene rings is 1. The Hall–Kier alpha value is -3.77. The van der Waals surface area contributed by atoms with E-state index in [-0.39, 0.29) is 18.6 Å². The summed E-state index contributed by atoms with van der Waals surface area (Å²) >= 11 is 1.23. The second-order valence-corrected chi connectivity index (χ2v) is 12.3. The summed E-state index contributed by atoms with van der Waals surface area (Å²) < 4.78 is 35.1. The van der Waals surface area contributed by atoms with E-state index in [0.717, 1.165) is 36.7 Å². The average molecular weight is 611 g/mol. The topological polar surface area (TPSA) is 109 Å². The third kappa shape index (κ3) is 5.42. The molecule has 0 N–H and O–H groups in total. The molecule has 3 aromatic heterocycles. The van der Waals surface area contributed by atoms with Crippen LogP contribution < -0.4 is 16.0 Å². The van der Waals surface area contributed by atoms with Crippen LogP contribution in [0.2, 0.25) is 0 Å². The normalized spacial score (nSPS) is 18.8. The van der Waals surface area contributed by atoms with Crippen molar-refractivity contribution in [2.75, 3.05) is 20.7 Å².